The molecular formula is C17H20N6O. The summed E-state index contributed by atoms with van der Waals surface area (Å²) in [6, 6.07) is 7.99. The Morgan fingerprint density at radius 2 is 1.92 bits per heavy atom. The number of benzene rings is 1. The number of carbonyl (C=O) groups is 1. The Labute approximate surface area is 140 Å². The van der Waals surface area contributed by atoms with Crippen molar-refractivity contribution in [3.63, 3.8) is 0 Å². The molecule has 1 aromatic carbocycles. The van der Waals surface area contributed by atoms with Gasteiger partial charge in [0.25, 0.3) is 5.91 Å². The number of carbonyl (C=O) groups excluding carboxylic acids is 1. The van der Waals surface area contributed by atoms with Crippen LogP contribution in [0.2, 0.25) is 0 Å². The molecule has 0 aliphatic heterocycles. The molecule has 7 heteroatoms. The molecule has 124 valence electrons. The maximum atomic E-state index is 12.1. The van der Waals surface area contributed by atoms with Gasteiger partial charge in [-0.25, -0.2) is 15.0 Å². The number of imidazole rings is 1. The van der Waals surface area contributed by atoms with Gasteiger partial charge in [-0.05, 0) is 12.1 Å². The van der Waals surface area contributed by atoms with Gasteiger partial charge in [-0.1, -0.05) is 12.1 Å². The van der Waals surface area contributed by atoms with E-state index in [9.17, 15) is 4.79 Å². The fourth-order valence-corrected chi connectivity index (χ4v) is 2.48. The molecule has 0 radical (unpaired) electrons. The van der Waals surface area contributed by atoms with Gasteiger partial charge in [-0.3, -0.25) is 4.79 Å². The SMILES string of the molecule is CN(C)c1ncc(C(=O)NCCc2nc3ccccc3n2C)cn1. The van der Waals surface area contributed by atoms with Crippen molar-refractivity contribution in [2.24, 2.45) is 7.05 Å². The predicted octanol–water partition coefficient (Wildman–Crippen LogP) is 1.40. The van der Waals surface area contributed by atoms with Gasteiger partial charge in [0, 0.05) is 46.5 Å². The lowest BCUT2D eigenvalue weighted by atomic mass is 10.3. The number of nitrogens with one attached hydrogen (secondary N) is 1. The van der Waals surface area contributed by atoms with Gasteiger partial charge in [0.2, 0.25) is 5.95 Å². The number of hydrogen-bond acceptors (Lipinski definition) is 5. The van der Waals surface area contributed by atoms with Gasteiger partial charge in [-0.2, -0.15) is 0 Å². The number of fused-ring (bicyclic) bond motifs is 1. The van der Waals surface area contributed by atoms with E-state index in [0.29, 0.717) is 24.5 Å². The molecule has 0 fully saturated rings. The maximum absolute atomic E-state index is 12.1. The van der Waals surface area contributed by atoms with Gasteiger partial charge in [0.1, 0.15) is 5.82 Å². The second-order valence-corrected chi connectivity index (χ2v) is 5.75. The summed E-state index contributed by atoms with van der Waals surface area (Å²) in [5.41, 5.74) is 2.51. The van der Waals surface area contributed by atoms with E-state index in [1.807, 2.05) is 45.4 Å². The summed E-state index contributed by atoms with van der Waals surface area (Å²) in [7, 11) is 5.69. The molecule has 3 aromatic rings. The van der Waals surface area contributed by atoms with Crippen molar-refractivity contribution in [1.29, 1.82) is 0 Å². The number of rotatable bonds is 5. The number of para-hydroxylation sites is 2. The lowest BCUT2D eigenvalue weighted by Crippen LogP contribution is -2.27. The fourth-order valence-electron chi connectivity index (χ4n) is 2.48. The first-order valence-electron chi connectivity index (χ1n) is 7.74. The normalized spacial score (nSPS) is 10.8. The summed E-state index contributed by atoms with van der Waals surface area (Å²) < 4.78 is 2.05. The van der Waals surface area contributed by atoms with Gasteiger partial charge in [0.15, 0.2) is 0 Å². The molecule has 1 amide bonds. The Kier molecular flexibility index (Phi) is 4.41. The quantitative estimate of drug-likeness (QED) is 0.768. The molecule has 0 aliphatic rings. The second-order valence-electron chi connectivity index (χ2n) is 5.75. The van der Waals surface area contributed by atoms with E-state index < -0.39 is 0 Å². The average molecular weight is 324 g/mol. The topological polar surface area (TPSA) is 75.9 Å². The highest BCUT2D eigenvalue weighted by Gasteiger charge is 2.10. The number of anilines is 1. The van der Waals surface area contributed by atoms with Crippen LogP contribution in [0.4, 0.5) is 5.95 Å². The molecule has 0 spiro atoms. The predicted molar refractivity (Wildman–Crippen MR) is 93.1 cm³/mol. The lowest BCUT2D eigenvalue weighted by molar-refractivity contribution is 0.0953. The lowest BCUT2D eigenvalue weighted by Gasteiger charge is -2.10. The molecule has 24 heavy (non-hydrogen) atoms. The summed E-state index contributed by atoms with van der Waals surface area (Å²) in [5, 5.41) is 2.88. The molecule has 2 heterocycles. The van der Waals surface area contributed by atoms with Crippen LogP contribution in [0.1, 0.15) is 16.2 Å². The molecule has 0 saturated carbocycles. The Hall–Kier alpha value is -2.96. The highest BCUT2D eigenvalue weighted by atomic mass is 16.1. The van der Waals surface area contributed by atoms with Crippen LogP contribution in [0.5, 0.6) is 0 Å². The summed E-state index contributed by atoms with van der Waals surface area (Å²) in [4.78, 5) is 26.8. The standard InChI is InChI=1S/C17H20N6O/c1-22(2)17-19-10-12(11-20-17)16(24)18-9-8-15-21-13-6-4-5-7-14(13)23(15)3/h4-7,10-11H,8-9H2,1-3H3,(H,18,24). The van der Waals surface area contributed by atoms with Crippen molar-refractivity contribution in [3.8, 4) is 0 Å². The van der Waals surface area contributed by atoms with Crippen molar-refractivity contribution < 1.29 is 4.79 Å². The maximum Gasteiger partial charge on any atom is 0.254 e. The van der Waals surface area contributed by atoms with E-state index in [0.717, 1.165) is 16.9 Å². The van der Waals surface area contributed by atoms with Crippen molar-refractivity contribution in [1.82, 2.24) is 24.8 Å². The average Bonchev–Trinajstić information content (AvgIpc) is 2.91. The first-order chi connectivity index (χ1) is 11.6. The molecule has 0 bridgehead atoms. The van der Waals surface area contributed by atoms with Gasteiger partial charge < -0.3 is 14.8 Å². The van der Waals surface area contributed by atoms with Crippen LogP contribution in [0, 0.1) is 0 Å². The van der Waals surface area contributed by atoms with Crippen molar-refractivity contribution in [2.45, 2.75) is 6.42 Å². The van der Waals surface area contributed by atoms with Gasteiger partial charge in [0.05, 0.1) is 16.6 Å². The van der Waals surface area contributed by atoms with Crippen molar-refractivity contribution in [3.05, 3.63) is 48.0 Å². The number of hydrogen-bond donors (Lipinski definition) is 1. The van der Waals surface area contributed by atoms with Crippen molar-refractivity contribution >= 4 is 22.9 Å². The Balaban J connectivity index is 1.61. The number of nitrogens with zero attached hydrogens (tertiary/aromatic N) is 5. The first kappa shape index (κ1) is 15.9. The monoisotopic (exact) mass is 324 g/mol. The fraction of sp³-hybridized carbons (Fsp3) is 0.294. The van der Waals surface area contributed by atoms with E-state index in [2.05, 4.69) is 24.8 Å². The highest BCUT2D eigenvalue weighted by molar-refractivity contribution is 5.93. The van der Waals surface area contributed by atoms with E-state index in [4.69, 9.17) is 0 Å². The van der Waals surface area contributed by atoms with E-state index in [-0.39, 0.29) is 5.91 Å². The Bertz CT molecular complexity index is 853. The van der Waals surface area contributed by atoms with Crippen LogP contribution in [-0.2, 0) is 13.5 Å². The Morgan fingerprint density at radius 3 is 2.58 bits per heavy atom. The zero-order valence-electron chi connectivity index (χ0n) is 14.0. The zero-order chi connectivity index (χ0) is 17.1. The number of aryl methyl sites for hydroxylation is 1. The number of amides is 1. The molecule has 0 aliphatic carbocycles. The number of aromatic nitrogens is 4. The van der Waals surface area contributed by atoms with Crippen LogP contribution in [0.25, 0.3) is 11.0 Å². The minimum atomic E-state index is -0.181. The first-order valence-corrected chi connectivity index (χ1v) is 7.74. The second kappa shape index (κ2) is 6.66. The summed E-state index contributed by atoms with van der Waals surface area (Å²) >= 11 is 0. The van der Waals surface area contributed by atoms with Gasteiger partial charge >= 0.3 is 0 Å². The van der Waals surface area contributed by atoms with Crippen LogP contribution in [-0.4, -0.2) is 46.1 Å². The highest BCUT2D eigenvalue weighted by Crippen LogP contribution is 2.14. The summed E-state index contributed by atoms with van der Waals surface area (Å²) in [5.74, 6) is 1.33. The third kappa shape index (κ3) is 3.19. The van der Waals surface area contributed by atoms with Gasteiger partial charge in [-0.15, -0.1) is 0 Å². The van der Waals surface area contributed by atoms with E-state index >= 15 is 0 Å². The summed E-state index contributed by atoms with van der Waals surface area (Å²) in [6.45, 7) is 0.505. The van der Waals surface area contributed by atoms with Crippen molar-refractivity contribution in [2.75, 3.05) is 25.5 Å². The molecule has 0 unspecified atom stereocenters. The zero-order valence-corrected chi connectivity index (χ0v) is 14.0. The van der Waals surface area contributed by atoms with E-state index in [1.165, 1.54) is 12.4 Å². The third-order valence-electron chi connectivity index (χ3n) is 3.81. The van der Waals surface area contributed by atoms with Crippen LogP contribution >= 0.6 is 0 Å². The smallest absolute Gasteiger partial charge is 0.254 e. The molecular weight excluding hydrogens is 304 g/mol. The molecule has 2 aromatic heterocycles. The third-order valence-corrected chi connectivity index (χ3v) is 3.81. The molecule has 1 N–H and O–H groups in total. The van der Waals surface area contributed by atoms with Crippen LogP contribution in [0.15, 0.2) is 36.7 Å². The van der Waals surface area contributed by atoms with Crippen LogP contribution in [0.3, 0.4) is 0 Å². The molecule has 0 saturated heterocycles. The minimum Gasteiger partial charge on any atom is -0.351 e. The minimum absolute atomic E-state index is 0.181. The van der Waals surface area contributed by atoms with Crippen LogP contribution < -0.4 is 10.2 Å². The Morgan fingerprint density at radius 1 is 1.21 bits per heavy atom. The van der Waals surface area contributed by atoms with E-state index in [1.54, 1.807) is 4.90 Å². The molecule has 7 nitrogen and oxygen atoms in total. The molecule has 0 atom stereocenters. The molecule has 3 rings (SSSR count). The largest absolute Gasteiger partial charge is 0.351 e. The summed E-state index contributed by atoms with van der Waals surface area (Å²) in [6.07, 6.45) is 3.73.